The standard InChI is InChI=1S/2C11H11ClO3.Cu/c2*1-2-15-11(14)7-10(13)8-5-3-4-6-9(8)12;/h2*3-7,13H,2H2,1H3;. The van der Waals surface area contributed by atoms with E-state index in [9.17, 15) is 19.8 Å². The van der Waals surface area contributed by atoms with Crippen molar-refractivity contribution in [2.45, 2.75) is 13.8 Å². The molecule has 0 unspecified atom stereocenters. The quantitative estimate of drug-likeness (QED) is 0.225. The number of benzene rings is 2. The molecule has 6 nitrogen and oxygen atoms in total. The van der Waals surface area contributed by atoms with Crippen molar-refractivity contribution in [1.82, 2.24) is 0 Å². The first-order chi connectivity index (χ1) is 14.3. The van der Waals surface area contributed by atoms with Crippen LogP contribution in [0.4, 0.5) is 0 Å². The molecule has 0 saturated carbocycles. The molecule has 0 aliphatic rings. The maximum Gasteiger partial charge on any atom is 0.334 e. The van der Waals surface area contributed by atoms with Crippen LogP contribution in [0.5, 0.6) is 0 Å². The van der Waals surface area contributed by atoms with Crippen LogP contribution >= 0.6 is 23.2 Å². The largest absolute Gasteiger partial charge is 0.507 e. The van der Waals surface area contributed by atoms with Crippen molar-refractivity contribution in [1.29, 1.82) is 0 Å². The van der Waals surface area contributed by atoms with Gasteiger partial charge in [0.05, 0.1) is 35.4 Å². The number of ether oxygens (including phenoxy) is 2. The van der Waals surface area contributed by atoms with Gasteiger partial charge in [-0.05, 0) is 38.1 Å². The molecule has 2 rings (SSSR count). The average molecular weight is 517 g/mol. The molecule has 0 heterocycles. The summed E-state index contributed by atoms with van der Waals surface area (Å²) in [5, 5.41) is 19.9. The summed E-state index contributed by atoms with van der Waals surface area (Å²) in [6, 6.07) is 13.4. The van der Waals surface area contributed by atoms with Gasteiger partial charge in [-0.15, -0.1) is 0 Å². The van der Waals surface area contributed by atoms with E-state index in [1.54, 1.807) is 62.4 Å². The zero-order valence-corrected chi connectivity index (χ0v) is 19.2. The van der Waals surface area contributed by atoms with Gasteiger partial charge in [0, 0.05) is 28.2 Å². The summed E-state index contributed by atoms with van der Waals surface area (Å²) in [6.07, 6.45) is 2.01. The third kappa shape index (κ3) is 10.4. The van der Waals surface area contributed by atoms with E-state index in [-0.39, 0.29) is 41.8 Å². The maximum atomic E-state index is 11.0. The van der Waals surface area contributed by atoms with E-state index in [1.165, 1.54) is 0 Å². The number of rotatable bonds is 6. The number of hydrogen-bond donors (Lipinski definition) is 2. The van der Waals surface area contributed by atoms with Gasteiger partial charge >= 0.3 is 11.9 Å². The molecule has 1 radical (unpaired) electrons. The number of carbonyl (C=O) groups is 2. The van der Waals surface area contributed by atoms with E-state index in [2.05, 4.69) is 9.47 Å². The van der Waals surface area contributed by atoms with Crippen molar-refractivity contribution in [3.8, 4) is 0 Å². The van der Waals surface area contributed by atoms with Gasteiger partial charge in [-0.2, -0.15) is 0 Å². The molecular weight excluding hydrogens is 495 g/mol. The van der Waals surface area contributed by atoms with Gasteiger partial charge in [0.2, 0.25) is 0 Å². The van der Waals surface area contributed by atoms with E-state index in [0.29, 0.717) is 21.2 Å². The first-order valence-electron chi connectivity index (χ1n) is 8.94. The van der Waals surface area contributed by atoms with Gasteiger partial charge in [0.25, 0.3) is 0 Å². The normalized spacial score (nSPS) is 10.8. The van der Waals surface area contributed by atoms with Crippen LogP contribution in [-0.2, 0) is 36.1 Å². The van der Waals surface area contributed by atoms with Crippen molar-refractivity contribution in [2.24, 2.45) is 0 Å². The van der Waals surface area contributed by atoms with Gasteiger partial charge in [0.1, 0.15) is 11.5 Å². The Kier molecular flexibility index (Phi) is 14.2. The molecule has 0 amide bonds. The molecule has 2 aromatic carbocycles. The molecule has 0 aliphatic carbocycles. The summed E-state index contributed by atoms with van der Waals surface area (Å²) in [7, 11) is 0. The minimum atomic E-state index is -0.588. The van der Waals surface area contributed by atoms with Crippen LogP contribution in [0.2, 0.25) is 10.0 Å². The summed E-state index contributed by atoms with van der Waals surface area (Å²) in [5.41, 5.74) is 0.819. The topological polar surface area (TPSA) is 93.1 Å². The van der Waals surface area contributed by atoms with Crippen LogP contribution in [0.15, 0.2) is 60.7 Å². The van der Waals surface area contributed by atoms with Gasteiger partial charge in [-0.1, -0.05) is 47.5 Å². The minimum absolute atomic E-state index is 0. The molecule has 0 atom stereocenters. The van der Waals surface area contributed by atoms with Crippen molar-refractivity contribution >= 4 is 46.7 Å². The predicted molar refractivity (Wildman–Crippen MR) is 117 cm³/mol. The number of esters is 2. The molecular formula is C22H22Cl2CuO6. The maximum absolute atomic E-state index is 11.0. The summed E-state index contributed by atoms with van der Waals surface area (Å²) in [6.45, 7) is 3.92. The van der Waals surface area contributed by atoms with Crippen LogP contribution in [0, 0.1) is 0 Å². The smallest absolute Gasteiger partial charge is 0.334 e. The summed E-state index contributed by atoms with van der Waals surface area (Å²) in [4.78, 5) is 22.1. The molecule has 0 bridgehead atoms. The van der Waals surface area contributed by atoms with Gasteiger partial charge in [-0.3, -0.25) is 0 Å². The van der Waals surface area contributed by atoms with E-state index in [4.69, 9.17) is 23.2 Å². The minimum Gasteiger partial charge on any atom is -0.507 e. The Hall–Kier alpha value is -2.44. The first kappa shape index (κ1) is 28.6. The predicted octanol–water partition coefficient (Wildman–Crippen LogP) is 5.60. The second kappa shape index (κ2) is 15.4. The second-order valence-corrected chi connectivity index (χ2v) is 6.34. The Morgan fingerprint density at radius 3 is 1.39 bits per heavy atom. The van der Waals surface area contributed by atoms with Crippen LogP contribution in [0.3, 0.4) is 0 Å². The summed E-state index contributed by atoms with van der Waals surface area (Å²) >= 11 is 11.7. The number of halogens is 2. The van der Waals surface area contributed by atoms with E-state index >= 15 is 0 Å². The SMILES string of the molecule is CCOC(=O)C=C(O)c1ccccc1Cl.CCOC(=O)C=C(O)c1ccccc1Cl.[Cu]. The molecule has 2 aromatic rings. The third-order valence-corrected chi connectivity index (χ3v) is 4.04. The van der Waals surface area contributed by atoms with Crippen LogP contribution in [0.25, 0.3) is 11.5 Å². The molecule has 9 heteroatoms. The molecule has 0 fully saturated rings. The van der Waals surface area contributed by atoms with Gasteiger partial charge < -0.3 is 19.7 Å². The summed E-state index contributed by atoms with van der Waals surface area (Å²) in [5.74, 6) is -1.57. The Morgan fingerprint density at radius 2 is 1.10 bits per heavy atom. The van der Waals surface area contributed by atoms with Gasteiger partial charge in [0.15, 0.2) is 0 Å². The first-order valence-corrected chi connectivity index (χ1v) is 9.70. The Labute approximate surface area is 201 Å². The zero-order chi connectivity index (χ0) is 22.5. The summed E-state index contributed by atoms with van der Waals surface area (Å²) < 4.78 is 9.31. The molecule has 0 saturated heterocycles. The third-order valence-electron chi connectivity index (χ3n) is 3.38. The fourth-order valence-electron chi connectivity index (χ4n) is 2.08. The van der Waals surface area contributed by atoms with Crippen molar-refractivity contribution in [2.75, 3.05) is 13.2 Å². The number of aliphatic hydroxyl groups excluding tert-OH is 2. The fraction of sp³-hybridized carbons (Fsp3) is 0.182. The van der Waals surface area contributed by atoms with Crippen LogP contribution in [-0.4, -0.2) is 35.4 Å². The van der Waals surface area contributed by atoms with Crippen LogP contribution < -0.4 is 0 Å². The van der Waals surface area contributed by atoms with Crippen molar-refractivity contribution < 1.29 is 46.3 Å². The molecule has 0 spiro atoms. The number of hydrogen-bond acceptors (Lipinski definition) is 6. The monoisotopic (exact) mass is 515 g/mol. The van der Waals surface area contributed by atoms with E-state index in [1.807, 2.05) is 0 Å². The average Bonchev–Trinajstić information content (AvgIpc) is 2.69. The second-order valence-electron chi connectivity index (χ2n) is 5.52. The molecule has 31 heavy (non-hydrogen) atoms. The molecule has 0 aliphatic heterocycles. The van der Waals surface area contributed by atoms with Crippen molar-refractivity contribution in [3.05, 3.63) is 81.9 Å². The Bertz CT molecular complexity index is 852. The Balaban J connectivity index is 0.000000562. The van der Waals surface area contributed by atoms with E-state index in [0.717, 1.165) is 12.2 Å². The molecule has 171 valence electrons. The molecule has 2 N–H and O–H groups in total. The zero-order valence-electron chi connectivity index (χ0n) is 16.8. The van der Waals surface area contributed by atoms with Crippen molar-refractivity contribution in [3.63, 3.8) is 0 Å². The fourth-order valence-corrected chi connectivity index (χ4v) is 2.55. The van der Waals surface area contributed by atoms with Crippen LogP contribution in [0.1, 0.15) is 25.0 Å². The van der Waals surface area contributed by atoms with E-state index < -0.39 is 11.9 Å². The number of carbonyl (C=O) groups excluding carboxylic acids is 2. The Morgan fingerprint density at radius 1 is 0.774 bits per heavy atom. The molecule has 0 aromatic heterocycles. The van der Waals surface area contributed by atoms with Gasteiger partial charge in [-0.25, -0.2) is 9.59 Å². The number of aliphatic hydroxyl groups is 2.